The van der Waals surface area contributed by atoms with Crippen molar-refractivity contribution in [3.8, 4) is 17.1 Å². The molecular formula is C16H14F4N6O2. The molecule has 3 aromatic heterocycles. The molecule has 1 atom stereocenters. The van der Waals surface area contributed by atoms with Crippen LogP contribution >= 0.6 is 0 Å². The number of rotatable bonds is 4. The van der Waals surface area contributed by atoms with Gasteiger partial charge in [-0.3, -0.25) is 4.79 Å². The van der Waals surface area contributed by atoms with E-state index in [1.165, 1.54) is 29.9 Å². The molecule has 148 valence electrons. The second-order valence-electron chi connectivity index (χ2n) is 5.86. The largest absolute Gasteiger partial charge is 0.462 e. The lowest BCUT2D eigenvalue weighted by atomic mass is 10.2. The third-order valence-electron chi connectivity index (χ3n) is 3.62. The van der Waals surface area contributed by atoms with E-state index in [-0.39, 0.29) is 34.4 Å². The molecule has 0 radical (unpaired) electrons. The lowest BCUT2D eigenvalue weighted by Gasteiger charge is -2.17. The number of imidazole rings is 1. The van der Waals surface area contributed by atoms with Crippen LogP contribution in [0.4, 0.5) is 29.2 Å². The maximum Gasteiger partial charge on any atom is 0.425 e. The predicted octanol–water partition coefficient (Wildman–Crippen LogP) is 2.80. The van der Waals surface area contributed by atoms with Crippen LogP contribution < -0.4 is 15.8 Å². The number of nitrogens with one attached hydrogen (secondary N) is 1. The molecule has 1 amide bonds. The van der Waals surface area contributed by atoms with Crippen molar-refractivity contribution in [1.29, 1.82) is 0 Å². The van der Waals surface area contributed by atoms with E-state index < -0.39 is 24.0 Å². The zero-order chi connectivity index (χ0) is 20.6. The molecule has 0 aliphatic carbocycles. The number of carbonyl (C=O) groups excluding carboxylic acids is 1. The fourth-order valence-corrected chi connectivity index (χ4v) is 2.28. The Hall–Kier alpha value is -3.44. The number of amides is 1. The molecule has 0 aliphatic heterocycles. The van der Waals surface area contributed by atoms with Crippen LogP contribution in [-0.2, 0) is 4.79 Å². The Kier molecular flexibility index (Phi) is 4.79. The standard InChI is InChI=1S/C16H14F4N6O2/c1-7(16(18,19)20)28-15-13(21)22-4-11(24-15)9-3-10(17)14-25-12(23-8(2)27)6-26(14)5-9/h3-7H,1-2H3,(H2,21,22)(H,23,27). The summed E-state index contributed by atoms with van der Waals surface area (Å²) in [6.45, 7) is 2.08. The zero-order valence-corrected chi connectivity index (χ0v) is 14.6. The molecule has 3 N–H and O–H groups in total. The van der Waals surface area contributed by atoms with Gasteiger partial charge in [-0.2, -0.15) is 13.2 Å². The van der Waals surface area contributed by atoms with E-state index >= 15 is 0 Å². The first-order chi connectivity index (χ1) is 13.0. The maximum atomic E-state index is 14.4. The molecule has 0 saturated heterocycles. The third kappa shape index (κ3) is 3.94. The van der Waals surface area contributed by atoms with Crippen LogP contribution in [0, 0.1) is 5.82 Å². The van der Waals surface area contributed by atoms with Crippen molar-refractivity contribution < 1.29 is 27.1 Å². The Balaban J connectivity index is 2.00. The van der Waals surface area contributed by atoms with Crippen molar-refractivity contribution >= 4 is 23.2 Å². The van der Waals surface area contributed by atoms with Crippen LogP contribution in [-0.4, -0.2) is 37.5 Å². The summed E-state index contributed by atoms with van der Waals surface area (Å²) in [4.78, 5) is 22.7. The summed E-state index contributed by atoms with van der Waals surface area (Å²) in [5.41, 5.74) is 5.70. The molecule has 0 aromatic carbocycles. The molecule has 0 bridgehead atoms. The number of nitrogen functional groups attached to an aromatic ring is 1. The quantitative estimate of drug-likeness (QED) is 0.655. The second-order valence-corrected chi connectivity index (χ2v) is 5.86. The molecule has 12 heteroatoms. The van der Waals surface area contributed by atoms with Gasteiger partial charge in [0.1, 0.15) is 0 Å². The molecule has 1 unspecified atom stereocenters. The molecule has 3 aromatic rings. The van der Waals surface area contributed by atoms with E-state index in [0.29, 0.717) is 0 Å². The summed E-state index contributed by atoms with van der Waals surface area (Å²) in [7, 11) is 0. The first-order valence-corrected chi connectivity index (χ1v) is 7.86. The number of carbonyl (C=O) groups is 1. The summed E-state index contributed by atoms with van der Waals surface area (Å²) >= 11 is 0. The Morgan fingerprint density at radius 3 is 2.68 bits per heavy atom. The van der Waals surface area contributed by atoms with Gasteiger partial charge in [0.25, 0.3) is 5.88 Å². The van der Waals surface area contributed by atoms with Gasteiger partial charge >= 0.3 is 6.18 Å². The summed E-state index contributed by atoms with van der Waals surface area (Å²) < 4.78 is 58.6. The first kappa shape index (κ1) is 19.3. The monoisotopic (exact) mass is 398 g/mol. The minimum Gasteiger partial charge on any atom is -0.462 e. The highest BCUT2D eigenvalue weighted by Gasteiger charge is 2.38. The van der Waals surface area contributed by atoms with Gasteiger partial charge in [-0.25, -0.2) is 19.3 Å². The Morgan fingerprint density at radius 2 is 2.04 bits per heavy atom. The fourth-order valence-electron chi connectivity index (χ4n) is 2.28. The van der Waals surface area contributed by atoms with Crippen LogP contribution in [0.15, 0.2) is 24.7 Å². The SMILES string of the molecule is CC(=O)Nc1cn2cc(-c3cnc(N)c(OC(C)C(F)(F)F)n3)cc(F)c2n1. The molecule has 0 aliphatic rings. The minimum atomic E-state index is -4.62. The third-order valence-corrected chi connectivity index (χ3v) is 3.62. The van der Waals surface area contributed by atoms with Gasteiger partial charge in [-0.1, -0.05) is 0 Å². The number of ether oxygens (including phenoxy) is 1. The number of pyridine rings is 1. The van der Waals surface area contributed by atoms with Crippen LogP contribution in [0.25, 0.3) is 16.9 Å². The maximum absolute atomic E-state index is 14.4. The summed E-state index contributed by atoms with van der Waals surface area (Å²) in [6.07, 6.45) is -2.81. The van der Waals surface area contributed by atoms with E-state index in [0.717, 1.165) is 13.0 Å². The van der Waals surface area contributed by atoms with Gasteiger partial charge in [-0.05, 0) is 13.0 Å². The van der Waals surface area contributed by atoms with Crippen molar-refractivity contribution in [3.05, 3.63) is 30.5 Å². The van der Waals surface area contributed by atoms with Gasteiger partial charge < -0.3 is 20.2 Å². The van der Waals surface area contributed by atoms with E-state index in [2.05, 4.69) is 20.3 Å². The smallest absolute Gasteiger partial charge is 0.425 e. The van der Waals surface area contributed by atoms with Crippen molar-refractivity contribution in [2.75, 3.05) is 11.1 Å². The molecule has 0 fully saturated rings. The molecule has 0 spiro atoms. The van der Waals surface area contributed by atoms with E-state index in [1.807, 2.05) is 0 Å². The van der Waals surface area contributed by atoms with E-state index in [1.54, 1.807) is 0 Å². The number of nitrogens with two attached hydrogens (primary N) is 1. The first-order valence-electron chi connectivity index (χ1n) is 7.86. The zero-order valence-electron chi connectivity index (χ0n) is 14.6. The highest BCUT2D eigenvalue weighted by molar-refractivity contribution is 5.87. The summed E-state index contributed by atoms with van der Waals surface area (Å²) in [5, 5.41) is 2.42. The second kappa shape index (κ2) is 6.94. The number of hydrogen-bond acceptors (Lipinski definition) is 6. The average Bonchev–Trinajstić information content (AvgIpc) is 2.98. The van der Waals surface area contributed by atoms with Crippen molar-refractivity contribution in [2.45, 2.75) is 26.1 Å². The molecule has 8 nitrogen and oxygen atoms in total. The number of anilines is 2. The molecule has 28 heavy (non-hydrogen) atoms. The number of alkyl halides is 3. The van der Waals surface area contributed by atoms with Gasteiger partial charge in [0.2, 0.25) is 5.91 Å². The highest BCUT2D eigenvalue weighted by atomic mass is 19.4. The predicted molar refractivity (Wildman–Crippen MR) is 91.0 cm³/mol. The Morgan fingerprint density at radius 1 is 1.32 bits per heavy atom. The summed E-state index contributed by atoms with van der Waals surface area (Å²) in [5.74, 6) is -1.84. The number of hydrogen-bond donors (Lipinski definition) is 2. The lowest BCUT2D eigenvalue weighted by molar-refractivity contribution is -0.189. The molecule has 3 heterocycles. The molecular weight excluding hydrogens is 384 g/mol. The van der Waals surface area contributed by atoms with Crippen LogP contribution in [0.3, 0.4) is 0 Å². The van der Waals surface area contributed by atoms with E-state index in [4.69, 9.17) is 10.5 Å². The van der Waals surface area contributed by atoms with Crippen LogP contribution in [0.1, 0.15) is 13.8 Å². The van der Waals surface area contributed by atoms with Gasteiger partial charge in [-0.15, -0.1) is 0 Å². The Bertz CT molecular complexity index is 1050. The molecule has 3 rings (SSSR count). The normalized spacial score (nSPS) is 12.8. The van der Waals surface area contributed by atoms with E-state index in [9.17, 15) is 22.4 Å². The topological polar surface area (TPSA) is 107 Å². The number of aromatic nitrogens is 4. The van der Waals surface area contributed by atoms with Gasteiger partial charge in [0.05, 0.1) is 18.1 Å². The fraction of sp³-hybridized carbons (Fsp3) is 0.250. The van der Waals surface area contributed by atoms with Crippen molar-refractivity contribution in [2.24, 2.45) is 0 Å². The Labute approximate surface area is 155 Å². The number of nitrogens with zero attached hydrogens (tertiary/aromatic N) is 4. The average molecular weight is 398 g/mol. The van der Waals surface area contributed by atoms with Crippen LogP contribution in [0.5, 0.6) is 5.88 Å². The van der Waals surface area contributed by atoms with Crippen molar-refractivity contribution in [3.63, 3.8) is 0 Å². The minimum absolute atomic E-state index is 0.0363. The highest BCUT2D eigenvalue weighted by Crippen LogP contribution is 2.29. The van der Waals surface area contributed by atoms with Gasteiger partial charge in [0.15, 0.2) is 29.2 Å². The van der Waals surface area contributed by atoms with Gasteiger partial charge in [0, 0.05) is 18.7 Å². The summed E-state index contributed by atoms with van der Waals surface area (Å²) in [6, 6.07) is 1.08. The van der Waals surface area contributed by atoms with Crippen molar-refractivity contribution in [1.82, 2.24) is 19.4 Å². The number of halogens is 4. The lowest BCUT2D eigenvalue weighted by Crippen LogP contribution is -2.31. The van der Waals surface area contributed by atoms with Crippen LogP contribution in [0.2, 0.25) is 0 Å². The molecule has 0 saturated carbocycles. The number of fused-ring (bicyclic) bond motifs is 1.